The fourth-order valence-electron chi connectivity index (χ4n) is 2.14. The Balaban J connectivity index is 1.94. The zero-order chi connectivity index (χ0) is 10.9. The van der Waals surface area contributed by atoms with E-state index in [9.17, 15) is 0 Å². The molecule has 3 nitrogen and oxygen atoms in total. The number of hydrogen-bond acceptors (Lipinski definition) is 3. The minimum atomic E-state index is 0.787. The average Bonchev–Trinajstić information content (AvgIpc) is 2.28. The van der Waals surface area contributed by atoms with Crippen molar-refractivity contribution < 1.29 is 4.74 Å². The third kappa shape index (κ3) is 6.13. The molecule has 0 aromatic rings. The van der Waals surface area contributed by atoms with Gasteiger partial charge < -0.3 is 15.0 Å². The highest BCUT2D eigenvalue weighted by atomic mass is 16.5. The third-order valence-corrected chi connectivity index (χ3v) is 3.18. The number of hydrogen-bond donors (Lipinski definition) is 1. The molecule has 1 aliphatic heterocycles. The molecule has 0 spiro atoms. The number of methoxy groups -OCH3 is 1. The first-order valence-electron chi connectivity index (χ1n) is 6.24. The lowest BCUT2D eigenvalue weighted by Gasteiger charge is -2.24. The van der Waals surface area contributed by atoms with Crippen LogP contribution in [0.25, 0.3) is 0 Å². The number of piperidine rings is 1. The molecule has 0 aromatic carbocycles. The highest BCUT2D eigenvalue weighted by Crippen LogP contribution is 2.11. The summed E-state index contributed by atoms with van der Waals surface area (Å²) in [6.45, 7) is 4.32. The fraction of sp³-hybridized carbons (Fsp3) is 1.00. The molecule has 1 fully saturated rings. The second-order valence-electron chi connectivity index (χ2n) is 4.59. The van der Waals surface area contributed by atoms with Crippen molar-refractivity contribution in [3.63, 3.8) is 0 Å². The predicted molar refractivity (Wildman–Crippen MR) is 64.2 cm³/mol. The monoisotopic (exact) mass is 214 g/mol. The highest BCUT2D eigenvalue weighted by molar-refractivity contribution is 4.72. The van der Waals surface area contributed by atoms with E-state index in [1.54, 1.807) is 7.11 Å². The molecule has 1 N–H and O–H groups in total. The molecule has 0 saturated carbocycles. The summed E-state index contributed by atoms with van der Waals surface area (Å²) < 4.78 is 5.05. The summed E-state index contributed by atoms with van der Waals surface area (Å²) in [6.07, 6.45) is 6.79. The standard InChI is InChI=1S/C12H26N2O/c1-14(10-11-15-2)9-5-7-12-6-3-4-8-13-12/h12-13H,3-11H2,1-2H3. The predicted octanol–water partition coefficient (Wildman–Crippen LogP) is 1.49. The highest BCUT2D eigenvalue weighted by Gasteiger charge is 2.11. The van der Waals surface area contributed by atoms with Crippen LogP contribution in [-0.4, -0.2) is 51.3 Å². The molecule has 1 saturated heterocycles. The molecular weight excluding hydrogens is 188 g/mol. The van der Waals surface area contributed by atoms with Crippen molar-refractivity contribution >= 4 is 0 Å². The van der Waals surface area contributed by atoms with Crippen molar-refractivity contribution in [3.05, 3.63) is 0 Å². The summed E-state index contributed by atoms with van der Waals surface area (Å²) >= 11 is 0. The topological polar surface area (TPSA) is 24.5 Å². The zero-order valence-corrected chi connectivity index (χ0v) is 10.3. The molecule has 0 amide bonds. The van der Waals surface area contributed by atoms with Crippen molar-refractivity contribution in [1.29, 1.82) is 0 Å². The second-order valence-corrected chi connectivity index (χ2v) is 4.59. The molecule has 0 bridgehead atoms. The van der Waals surface area contributed by atoms with Gasteiger partial charge >= 0.3 is 0 Å². The summed E-state index contributed by atoms with van der Waals surface area (Å²) in [6, 6.07) is 0.787. The van der Waals surface area contributed by atoms with Crippen LogP contribution in [0.15, 0.2) is 0 Å². The van der Waals surface area contributed by atoms with E-state index < -0.39 is 0 Å². The summed E-state index contributed by atoms with van der Waals surface area (Å²) in [5.41, 5.74) is 0. The first-order chi connectivity index (χ1) is 7.33. The SMILES string of the molecule is COCCN(C)CCCC1CCCCN1. The Labute approximate surface area is 94.2 Å². The first kappa shape index (κ1) is 12.9. The van der Waals surface area contributed by atoms with Crippen LogP contribution >= 0.6 is 0 Å². The number of ether oxygens (including phenoxy) is 1. The normalized spacial score (nSPS) is 22.2. The Hall–Kier alpha value is -0.120. The molecule has 15 heavy (non-hydrogen) atoms. The lowest BCUT2D eigenvalue weighted by atomic mass is 10.0. The molecule has 1 aliphatic rings. The van der Waals surface area contributed by atoms with Crippen LogP contribution in [0, 0.1) is 0 Å². The quantitative estimate of drug-likeness (QED) is 0.695. The minimum absolute atomic E-state index is 0.787. The molecule has 3 heteroatoms. The van der Waals surface area contributed by atoms with Crippen LogP contribution in [0.5, 0.6) is 0 Å². The van der Waals surface area contributed by atoms with Gasteiger partial charge in [0.2, 0.25) is 0 Å². The maximum atomic E-state index is 5.05. The van der Waals surface area contributed by atoms with Gasteiger partial charge in [0.15, 0.2) is 0 Å². The summed E-state index contributed by atoms with van der Waals surface area (Å²) in [5, 5.41) is 3.59. The van der Waals surface area contributed by atoms with E-state index in [0.29, 0.717) is 0 Å². The molecule has 0 aromatic heterocycles. The van der Waals surface area contributed by atoms with E-state index in [1.807, 2.05) is 0 Å². The van der Waals surface area contributed by atoms with Crippen LogP contribution in [0.3, 0.4) is 0 Å². The number of rotatable bonds is 7. The maximum Gasteiger partial charge on any atom is 0.0589 e. The average molecular weight is 214 g/mol. The van der Waals surface area contributed by atoms with Crippen molar-refractivity contribution in [3.8, 4) is 0 Å². The van der Waals surface area contributed by atoms with E-state index >= 15 is 0 Å². The lowest BCUT2D eigenvalue weighted by molar-refractivity contribution is 0.159. The van der Waals surface area contributed by atoms with Crippen LogP contribution in [0.1, 0.15) is 32.1 Å². The minimum Gasteiger partial charge on any atom is -0.383 e. The molecular formula is C12H26N2O. The Kier molecular flexibility index (Phi) is 6.98. The van der Waals surface area contributed by atoms with Crippen molar-refractivity contribution in [1.82, 2.24) is 10.2 Å². The Morgan fingerprint density at radius 3 is 2.87 bits per heavy atom. The van der Waals surface area contributed by atoms with E-state index in [2.05, 4.69) is 17.3 Å². The van der Waals surface area contributed by atoms with Crippen LogP contribution in [0.4, 0.5) is 0 Å². The second kappa shape index (κ2) is 8.08. The molecule has 90 valence electrons. The molecule has 1 atom stereocenters. The first-order valence-corrected chi connectivity index (χ1v) is 6.24. The van der Waals surface area contributed by atoms with E-state index in [4.69, 9.17) is 4.74 Å². The lowest BCUT2D eigenvalue weighted by Crippen LogP contribution is -2.34. The molecule has 1 heterocycles. The largest absolute Gasteiger partial charge is 0.383 e. The van der Waals surface area contributed by atoms with Crippen molar-refractivity contribution in [2.75, 3.05) is 40.4 Å². The van der Waals surface area contributed by atoms with Crippen LogP contribution < -0.4 is 5.32 Å². The van der Waals surface area contributed by atoms with Crippen LogP contribution in [-0.2, 0) is 4.74 Å². The van der Waals surface area contributed by atoms with Crippen molar-refractivity contribution in [2.24, 2.45) is 0 Å². The van der Waals surface area contributed by atoms with E-state index in [1.165, 1.54) is 45.2 Å². The Bertz CT molecular complexity index is 147. The van der Waals surface area contributed by atoms with Gasteiger partial charge in [-0.05, 0) is 45.8 Å². The van der Waals surface area contributed by atoms with Gasteiger partial charge in [0.05, 0.1) is 6.61 Å². The smallest absolute Gasteiger partial charge is 0.0589 e. The van der Waals surface area contributed by atoms with E-state index in [-0.39, 0.29) is 0 Å². The molecule has 0 radical (unpaired) electrons. The maximum absolute atomic E-state index is 5.05. The van der Waals surface area contributed by atoms with Gasteiger partial charge in [0.1, 0.15) is 0 Å². The van der Waals surface area contributed by atoms with Gasteiger partial charge in [-0.15, -0.1) is 0 Å². The van der Waals surface area contributed by atoms with Crippen LogP contribution in [0.2, 0.25) is 0 Å². The molecule has 0 aliphatic carbocycles. The third-order valence-electron chi connectivity index (χ3n) is 3.18. The Morgan fingerprint density at radius 1 is 1.33 bits per heavy atom. The van der Waals surface area contributed by atoms with Gasteiger partial charge in [-0.1, -0.05) is 6.42 Å². The Morgan fingerprint density at radius 2 is 2.20 bits per heavy atom. The summed E-state index contributed by atoms with van der Waals surface area (Å²) in [7, 11) is 3.94. The fourth-order valence-corrected chi connectivity index (χ4v) is 2.14. The van der Waals surface area contributed by atoms with Gasteiger partial charge in [0, 0.05) is 19.7 Å². The zero-order valence-electron chi connectivity index (χ0n) is 10.3. The summed E-state index contributed by atoms with van der Waals surface area (Å²) in [5.74, 6) is 0. The van der Waals surface area contributed by atoms with Gasteiger partial charge in [-0.2, -0.15) is 0 Å². The number of likely N-dealkylation sites (N-methyl/N-ethyl adjacent to an activating group) is 1. The summed E-state index contributed by atoms with van der Waals surface area (Å²) in [4.78, 5) is 2.35. The van der Waals surface area contributed by atoms with Gasteiger partial charge in [-0.25, -0.2) is 0 Å². The van der Waals surface area contributed by atoms with Crippen molar-refractivity contribution in [2.45, 2.75) is 38.1 Å². The number of nitrogens with one attached hydrogen (secondary N) is 1. The van der Waals surface area contributed by atoms with Gasteiger partial charge in [0.25, 0.3) is 0 Å². The molecule has 1 unspecified atom stereocenters. The molecule has 1 rings (SSSR count). The van der Waals surface area contributed by atoms with Gasteiger partial charge in [-0.3, -0.25) is 0 Å². The van der Waals surface area contributed by atoms with E-state index in [0.717, 1.165) is 19.2 Å². The number of nitrogens with zero attached hydrogens (tertiary/aromatic N) is 1.